The Morgan fingerprint density at radius 1 is 1.23 bits per heavy atom. The molecule has 7 nitrogen and oxygen atoms in total. The lowest BCUT2D eigenvalue weighted by molar-refractivity contribution is -0.129. The van der Waals surface area contributed by atoms with Crippen LogP contribution in [0.2, 0.25) is 0 Å². The second-order valence-corrected chi connectivity index (χ2v) is 4.73. The van der Waals surface area contributed by atoms with Gasteiger partial charge >= 0.3 is 12.0 Å². The van der Waals surface area contributed by atoms with Crippen molar-refractivity contribution < 1.29 is 19.5 Å². The van der Waals surface area contributed by atoms with Gasteiger partial charge in [-0.15, -0.1) is 0 Å². The first kappa shape index (κ1) is 17.4. The molecule has 1 aromatic carbocycles. The van der Waals surface area contributed by atoms with Crippen molar-refractivity contribution in [3.63, 3.8) is 0 Å². The normalized spacial score (nSPS) is 9.86. The Morgan fingerprint density at radius 2 is 1.86 bits per heavy atom. The van der Waals surface area contributed by atoms with Crippen LogP contribution in [0.15, 0.2) is 30.3 Å². The van der Waals surface area contributed by atoms with Crippen LogP contribution < -0.4 is 5.32 Å². The van der Waals surface area contributed by atoms with Crippen molar-refractivity contribution in [1.82, 2.24) is 10.2 Å². The summed E-state index contributed by atoms with van der Waals surface area (Å²) in [6, 6.07) is 8.56. The molecule has 0 aliphatic carbocycles. The van der Waals surface area contributed by atoms with Crippen LogP contribution >= 0.6 is 0 Å². The van der Waals surface area contributed by atoms with E-state index in [2.05, 4.69) is 5.32 Å². The smallest absolute Gasteiger partial charge is 0.349 e. The molecule has 0 aliphatic rings. The lowest BCUT2D eigenvalue weighted by Crippen LogP contribution is -2.42. The molecule has 0 saturated heterocycles. The standard InChI is InChI=1S/C15H19N3O4/c1-18(13(19)10-11-6-3-2-4-7-11)15(22)17-9-5-8-12(16)14(20)21/h2-4,6-7,16H,5,8-10H2,1H3,(H,17,22)(H,20,21). The number of carbonyl (C=O) groups excluding carboxylic acids is 2. The molecule has 0 aliphatic heterocycles. The summed E-state index contributed by atoms with van der Waals surface area (Å²) in [5.74, 6) is -1.59. The summed E-state index contributed by atoms with van der Waals surface area (Å²) in [5, 5.41) is 18.2. The average molecular weight is 305 g/mol. The summed E-state index contributed by atoms with van der Waals surface area (Å²) in [4.78, 5) is 35.1. The Hall–Kier alpha value is -2.70. The van der Waals surface area contributed by atoms with E-state index in [-0.39, 0.29) is 25.3 Å². The number of likely N-dealkylation sites (N-methyl/N-ethyl adjacent to an activating group) is 1. The summed E-state index contributed by atoms with van der Waals surface area (Å²) in [5.41, 5.74) is 0.421. The first-order valence-corrected chi connectivity index (χ1v) is 6.81. The maximum absolute atomic E-state index is 11.9. The highest BCUT2D eigenvalue weighted by atomic mass is 16.4. The molecule has 0 fully saturated rings. The largest absolute Gasteiger partial charge is 0.477 e. The minimum atomic E-state index is -1.26. The van der Waals surface area contributed by atoms with Crippen LogP contribution in [-0.4, -0.2) is 47.2 Å². The van der Waals surface area contributed by atoms with Gasteiger partial charge in [-0.25, -0.2) is 9.59 Å². The Labute approximate surface area is 128 Å². The Morgan fingerprint density at radius 3 is 2.45 bits per heavy atom. The molecule has 0 unspecified atom stereocenters. The Bertz CT molecular complexity index is 557. The molecule has 0 radical (unpaired) electrons. The first-order chi connectivity index (χ1) is 10.4. The van der Waals surface area contributed by atoms with Crippen LogP contribution in [0, 0.1) is 5.41 Å². The zero-order chi connectivity index (χ0) is 16.5. The van der Waals surface area contributed by atoms with Crippen molar-refractivity contribution in [1.29, 1.82) is 5.41 Å². The van der Waals surface area contributed by atoms with E-state index in [0.717, 1.165) is 10.5 Å². The topological polar surface area (TPSA) is 111 Å². The van der Waals surface area contributed by atoms with Crippen LogP contribution in [0.4, 0.5) is 4.79 Å². The summed E-state index contributed by atoms with van der Waals surface area (Å²) in [6.07, 6.45) is 0.531. The fourth-order valence-corrected chi connectivity index (χ4v) is 1.69. The predicted molar refractivity (Wildman–Crippen MR) is 80.9 cm³/mol. The van der Waals surface area contributed by atoms with Crippen LogP contribution in [0.5, 0.6) is 0 Å². The predicted octanol–water partition coefficient (Wildman–Crippen LogP) is 1.28. The Balaban J connectivity index is 2.34. The fourth-order valence-electron chi connectivity index (χ4n) is 1.69. The summed E-state index contributed by atoms with van der Waals surface area (Å²) in [7, 11) is 1.39. The molecular formula is C15H19N3O4. The van der Waals surface area contributed by atoms with Crippen LogP contribution in [0.1, 0.15) is 18.4 Å². The third-order valence-electron chi connectivity index (χ3n) is 3.01. The number of nitrogens with zero attached hydrogens (tertiary/aromatic N) is 1. The molecule has 0 atom stereocenters. The number of urea groups is 1. The molecule has 22 heavy (non-hydrogen) atoms. The highest BCUT2D eigenvalue weighted by molar-refractivity contribution is 6.34. The van der Waals surface area contributed by atoms with Crippen molar-refractivity contribution in [2.24, 2.45) is 0 Å². The summed E-state index contributed by atoms with van der Waals surface area (Å²) >= 11 is 0. The van der Waals surface area contributed by atoms with E-state index in [0.29, 0.717) is 6.42 Å². The van der Waals surface area contributed by atoms with Gasteiger partial charge in [-0.3, -0.25) is 15.1 Å². The van der Waals surface area contributed by atoms with E-state index in [9.17, 15) is 14.4 Å². The van der Waals surface area contributed by atoms with E-state index in [1.807, 2.05) is 18.2 Å². The van der Waals surface area contributed by atoms with Crippen LogP contribution in [-0.2, 0) is 16.0 Å². The van der Waals surface area contributed by atoms with Gasteiger partial charge in [-0.05, 0) is 18.4 Å². The van der Waals surface area contributed by atoms with Crippen LogP contribution in [0.25, 0.3) is 0 Å². The summed E-state index contributed by atoms with van der Waals surface area (Å²) in [6.45, 7) is 0.206. The van der Waals surface area contributed by atoms with Gasteiger partial charge in [0.05, 0.1) is 6.42 Å². The maximum atomic E-state index is 11.9. The molecule has 1 aromatic rings. The number of carbonyl (C=O) groups is 3. The lowest BCUT2D eigenvalue weighted by Gasteiger charge is -2.16. The molecule has 0 aromatic heterocycles. The molecule has 0 bridgehead atoms. The van der Waals surface area contributed by atoms with Gasteiger partial charge in [-0.1, -0.05) is 30.3 Å². The number of nitrogens with one attached hydrogen (secondary N) is 2. The highest BCUT2D eigenvalue weighted by Gasteiger charge is 2.16. The molecule has 3 amide bonds. The monoisotopic (exact) mass is 305 g/mol. The third-order valence-corrected chi connectivity index (χ3v) is 3.01. The van der Waals surface area contributed by atoms with Gasteiger partial charge < -0.3 is 10.4 Å². The molecule has 7 heteroatoms. The fraction of sp³-hybridized carbons (Fsp3) is 0.333. The zero-order valence-corrected chi connectivity index (χ0v) is 12.3. The number of imide groups is 1. The van der Waals surface area contributed by atoms with E-state index in [1.165, 1.54) is 7.05 Å². The van der Waals surface area contributed by atoms with Crippen molar-refractivity contribution in [3.05, 3.63) is 35.9 Å². The van der Waals surface area contributed by atoms with Crippen molar-refractivity contribution >= 4 is 23.6 Å². The van der Waals surface area contributed by atoms with E-state index >= 15 is 0 Å². The molecule has 3 N–H and O–H groups in total. The van der Waals surface area contributed by atoms with E-state index in [1.54, 1.807) is 12.1 Å². The number of rotatable bonds is 7. The number of carboxylic acid groups (broad SMARTS) is 1. The second-order valence-electron chi connectivity index (χ2n) is 4.73. The molecular weight excluding hydrogens is 286 g/mol. The highest BCUT2D eigenvalue weighted by Crippen LogP contribution is 2.02. The minimum Gasteiger partial charge on any atom is -0.477 e. The van der Waals surface area contributed by atoms with Gasteiger partial charge in [0.15, 0.2) is 0 Å². The van der Waals surface area contributed by atoms with Gasteiger partial charge in [-0.2, -0.15) is 0 Å². The number of amides is 3. The molecule has 1 rings (SSSR count). The maximum Gasteiger partial charge on any atom is 0.349 e. The number of hydrogen-bond acceptors (Lipinski definition) is 4. The zero-order valence-electron chi connectivity index (χ0n) is 12.3. The second kappa shape index (κ2) is 8.56. The van der Waals surface area contributed by atoms with Gasteiger partial charge in [0.25, 0.3) is 0 Å². The van der Waals surface area contributed by atoms with Gasteiger partial charge in [0, 0.05) is 13.6 Å². The summed E-state index contributed by atoms with van der Waals surface area (Å²) < 4.78 is 0. The van der Waals surface area contributed by atoms with Crippen molar-refractivity contribution in [3.8, 4) is 0 Å². The van der Waals surface area contributed by atoms with Gasteiger partial charge in [0.2, 0.25) is 5.91 Å². The van der Waals surface area contributed by atoms with Crippen LogP contribution in [0.3, 0.4) is 0 Å². The first-order valence-electron chi connectivity index (χ1n) is 6.81. The SMILES string of the molecule is CN(C(=O)Cc1ccccc1)C(=O)NCCCC(=N)C(=O)O. The number of benzene rings is 1. The molecule has 0 spiro atoms. The third kappa shape index (κ3) is 5.74. The Kier molecular flexibility index (Phi) is 6.75. The average Bonchev–Trinajstić information content (AvgIpc) is 2.51. The van der Waals surface area contributed by atoms with E-state index < -0.39 is 17.7 Å². The van der Waals surface area contributed by atoms with Crippen molar-refractivity contribution in [2.75, 3.05) is 13.6 Å². The molecule has 118 valence electrons. The van der Waals surface area contributed by atoms with E-state index in [4.69, 9.17) is 10.5 Å². The minimum absolute atomic E-state index is 0.0668. The number of hydrogen-bond donors (Lipinski definition) is 3. The van der Waals surface area contributed by atoms with Gasteiger partial charge in [0.1, 0.15) is 5.71 Å². The number of carboxylic acids is 1. The molecule has 0 heterocycles. The quantitative estimate of drug-likeness (QED) is 0.520. The van der Waals surface area contributed by atoms with Crippen molar-refractivity contribution in [2.45, 2.75) is 19.3 Å². The lowest BCUT2D eigenvalue weighted by atomic mass is 10.1. The molecule has 0 saturated carbocycles. The number of aliphatic carboxylic acids is 1.